The zero-order valence-electron chi connectivity index (χ0n) is 7.89. The molecule has 0 aromatic heterocycles. The van der Waals surface area contributed by atoms with E-state index in [1.807, 2.05) is 0 Å². The van der Waals surface area contributed by atoms with Crippen molar-refractivity contribution in [2.75, 3.05) is 13.2 Å². The standard InChI is InChI=1S/C11H16O/c1-5-7-12-8-11(4)9(3)10(11)6-2/h1,10H,3,6-8H2,2,4H3/t10-,11-/m1/s1. The van der Waals surface area contributed by atoms with Gasteiger partial charge in [-0.25, -0.2) is 0 Å². The lowest BCUT2D eigenvalue weighted by Crippen LogP contribution is -2.09. The molecule has 0 amide bonds. The van der Waals surface area contributed by atoms with Gasteiger partial charge in [0, 0.05) is 5.41 Å². The lowest BCUT2D eigenvalue weighted by Gasteiger charge is -2.08. The molecule has 0 bridgehead atoms. The van der Waals surface area contributed by atoms with E-state index in [2.05, 4.69) is 26.3 Å². The van der Waals surface area contributed by atoms with Crippen molar-refractivity contribution < 1.29 is 4.74 Å². The molecule has 1 aliphatic carbocycles. The Balaban J connectivity index is 2.34. The van der Waals surface area contributed by atoms with Gasteiger partial charge < -0.3 is 4.74 Å². The van der Waals surface area contributed by atoms with Crippen LogP contribution < -0.4 is 0 Å². The molecule has 2 atom stereocenters. The Hall–Kier alpha value is -0.740. The average molecular weight is 164 g/mol. The van der Waals surface area contributed by atoms with Crippen molar-refractivity contribution in [1.82, 2.24) is 0 Å². The van der Waals surface area contributed by atoms with E-state index in [9.17, 15) is 0 Å². The van der Waals surface area contributed by atoms with E-state index in [4.69, 9.17) is 11.2 Å². The molecule has 1 saturated carbocycles. The highest BCUT2D eigenvalue weighted by atomic mass is 16.5. The van der Waals surface area contributed by atoms with Crippen LogP contribution in [0, 0.1) is 23.7 Å². The maximum absolute atomic E-state index is 5.32. The lowest BCUT2D eigenvalue weighted by molar-refractivity contribution is 0.120. The van der Waals surface area contributed by atoms with Crippen LogP contribution in [0.4, 0.5) is 0 Å². The molecule has 0 aromatic rings. The van der Waals surface area contributed by atoms with Gasteiger partial charge in [0.2, 0.25) is 0 Å². The Bertz CT molecular complexity index is 224. The zero-order valence-corrected chi connectivity index (χ0v) is 7.89. The molecule has 0 unspecified atom stereocenters. The third-order valence-electron chi connectivity index (χ3n) is 2.84. The van der Waals surface area contributed by atoms with E-state index in [-0.39, 0.29) is 5.41 Å². The lowest BCUT2D eigenvalue weighted by atomic mass is 10.1. The summed E-state index contributed by atoms with van der Waals surface area (Å²) in [6.07, 6.45) is 6.24. The van der Waals surface area contributed by atoms with Gasteiger partial charge in [-0.2, -0.15) is 0 Å². The fourth-order valence-electron chi connectivity index (χ4n) is 1.87. The normalized spacial score (nSPS) is 33.1. The Morgan fingerprint density at radius 3 is 2.83 bits per heavy atom. The molecule has 0 saturated heterocycles. The van der Waals surface area contributed by atoms with Crippen molar-refractivity contribution in [3.8, 4) is 12.3 Å². The van der Waals surface area contributed by atoms with E-state index in [1.165, 1.54) is 5.57 Å². The first-order valence-electron chi connectivity index (χ1n) is 4.37. The summed E-state index contributed by atoms with van der Waals surface area (Å²) in [6, 6.07) is 0. The van der Waals surface area contributed by atoms with Crippen LogP contribution in [0.5, 0.6) is 0 Å². The molecule has 1 heteroatoms. The fraction of sp³-hybridized carbons (Fsp3) is 0.636. The van der Waals surface area contributed by atoms with Crippen LogP contribution in [0.25, 0.3) is 0 Å². The molecule has 0 aromatic carbocycles. The summed E-state index contributed by atoms with van der Waals surface area (Å²) in [4.78, 5) is 0. The second kappa shape index (κ2) is 3.33. The molecule has 0 aliphatic heterocycles. The van der Waals surface area contributed by atoms with E-state index >= 15 is 0 Å². The predicted molar refractivity (Wildman–Crippen MR) is 50.7 cm³/mol. The van der Waals surface area contributed by atoms with Gasteiger partial charge in [0.15, 0.2) is 0 Å². The highest BCUT2D eigenvalue weighted by Gasteiger charge is 2.53. The molecule has 1 aliphatic rings. The van der Waals surface area contributed by atoms with Crippen LogP contribution in [0.2, 0.25) is 0 Å². The molecule has 1 fully saturated rings. The van der Waals surface area contributed by atoms with Gasteiger partial charge >= 0.3 is 0 Å². The van der Waals surface area contributed by atoms with Crippen molar-refractivity contribution in [3.63, 3.8) is 0 Å². The largest absolute Gasteiger partial charge is 0.368 e. The molecule has 0 heterocycles. The highest BCUT2D eigenvalue weighted by molar-refractivity contribution is 5.34. The number of terminal acetylenes is 1. The van der Waals surface area contributed by atoms with Crippen LogP contribution in [-0.4, -0.2) is 13.2 Å². The van der Waals surface area contributed by atoms with Crippen molar-refractivity contribution >= 4 is 0 Å². The molecular formula is C11H16O. The van der Waals surface area contributed by atoms with Gasteiger partial charge in [-0.1, -0.05) is 31.9 Å². The molecular weight excluding hydrogens is 148 g/mol. The molecule has 0 radical (unpaired) electrons. The van der Waals surface area contributed by atoms with Crippen LogP contribution in [0.3, 0.4) is 0 Å². The van der Waals surface area contributed by atoms with Gasteiger partial charge in [-0.15, -0.1) is 6.42 Å². The summed E-state index contributed by atoms with van der Waals surface area (Å²) >= 11 is 0. The average Bonchev–Trinajstić information content (AvgIpc) is 2.55. The Kier molecular flexibility index (Phi) is 2.59. The third kappa shape index (κ3) is 1.40. The fourth-order valence-corrected chi connectivity index (χ4v) is 1.87. The van der Waals surface area contributed by atoms with E-state index in [0.29, 0.717) is 12.5 Å². The minimum absolute atomic E-state index is 0.214. The van der Waals surface area contributed by atoms with Crippen molar-refractivity contribution in [2.45, 2.75) is 20.3 Å². The first-order chi connectivity index (χ1) is 5.66. The van der Waals surface area contributed by atoms with Gasteiger partial charge in [0.05, 0.1) is 6.61 Å². The number of hydrogen-bond acceptors (Lipinski definition) is 1. The van der Waals surface area contributed by atoms with Crippen LogP contribution >= 0.6 is 0 Å². The van der Waals surface area contributed by atoms with Crippen molar-refractivity contribution in [2.24, 2.45) is 11.3 Å². The second-order valence-electron chi connectivity index (χ2n) is 3.60. The maximum Gasteiger partial charge on any atom is 0.107 e. The van der Waals surface area contributed by atoms with Crippen molar-refractivity contribution in [1.29, 1.82) is 0 Å². The molecule has 1 nitrogen and oxygen atoms in total. The molecule has 66 valence electrons. The van der Waals surface area contributed by atoms with E-state index < -0.39 is 0 Å². The summed E-state index contributed by atoms with van der Waals surface area (Å²) in [7, 11) is 0. The summed E-state index contributed by atoms with van der Waals surface area (Å²) in [5.41, 5.74) is 1.54. The Morgan fingerprint density at radius 2 is 2.42 bits per heavy atom. The molecule has 1 rings (SSSR count). The first-order valence-corrected chi connectivity index (χ1v) is 4.37. The number of ether oxygens (including phenoxy) is 1. The highest BCUT2D eigenvalue weighted by Crippen LogP contribution is 2.58. The SMILES string of the molecule is C#CCOC[C@]1(C)C(=C)[C@H]1CC. The first kappa shape index (κ1) is 9.35. The Labute approximate surface area is 74.8 Å². The minimum Gasteiger partial charge on any atom is -0.368 e. The number of rotatable bonds is 4. The molecule has 0 N–H and O–H groups in total. The summed E-state index contributed by atoms with van der Waals surface area (Å²) in [6.45, 7) is 9.54. The monoisotopic (exact) mass is 164 g/mol. The second-order valence-corrected chi connectivity index (χ2v) is 3.60. The zero-order chi connectivity index (χ0) is 9.19. The smallest absolute Gasteiger partial charge is 0.107 e. The summed E-state index contributed by atoms with van der Waals surface area (Å²) in [5, 5.41) is 0. The predicted octanol–water partition coefficient (Wildman–Crippen LogP) is 2.24. The van der Waals surface area contributed by atoms with Crippen LogP contribution in [-0.2, 0) is 4.74 Å². The van der Waals surface area contributed by atoms with E-state index in [0.717, 1.165) is 13.0 Å². The van der Waals surface area contributed by atoms with Crippen molar-refractivity contribution in [3.05, 3.63) is 12.2 Å². The van der Waals surface area contributed by atoms with Gasteiger partial charge in [0.25, 0.3) is 0 Å². The van der Waals surface area contributed by atoms with Gasteiger partial charge in [-0.3, -0.25) is 0 Å². The Morgan fingerprint density at radius 1 is 1.75 bits per heavy atom. The van der Waals surface area contributed by atoms with Gasteiger partial charge in [-0.05, 0) is 12.3 Å². The third-order valence-corrected chi connectivity index (χ3v) is 2.84. The number of hydrogen-bond donors (Lipinski definition) is 0. The quantitative estimate of drug-likeness (QED) is 0.352. The summed E-state index contributed by atoms with van der Waals surface area (Å²) in [5.74, 6) is 3.11. The van der Waals surface area contributed by atoms with E-state index in [1.54, 1.807) is 0 Å². The molecule has 0 spiro atoms. The van der Waals surface area contributed by atoms with Gasteiger partial charge in [0.1, 0.15) is 6.61 Å². The topological polar surface area (TPSA) is 9.23 Å². The minimum atomic E-state index is 0.214. The van der Waals surface area contributed by atoms with Crippen LogP contribution in [0.15, 0.2) is 12.2 Å². The maximum atomic E-state index is 5.32. The van der Waals surface area contributed by atoms with Crippen LogP contribution in [0.1, 0.15) is 20.3 Å². The molecule has 12 heavy (non-hydrogen) atoms. The summed E-state index contributed by atoms with van der Waals surface area (Å²) < 4.78 is 5.32.